The first-order chi connectivity index (χ1) is 10.8. The third kappa shape index (κ3) is 2.77. The van der Waals surface area contributed by atoms with E-state index in [0.717, 1.165) is 16.7 Å². The van der Waals surface area contributed by atoms with Gasteiger partial charge in [0.05, 0.1) is 16.6 Å². The summed E-state index contributed by atoms with van der Waals surface area (Å²) in [6.45, 7) is 7.76. The molecule has 0 amide bonds. The van der Waals surface area contributed by atoms with E-state index in [1.807, 2.05) is 32.0 Å². The molecular weight excluding hydrogens is 330 g/mol. The zero-order valence-electron chi connectivity index (χ0n) is 13.1. The molecule has 1 aliphatic rings. The van der Waals surface area contributed by atoms with Crippen LogP contribution in [0.15, 0.2) is 59.5 Å². The molecule has 0 saturated carbocycles. The van der Waals surface area contributed by atoms with Crippen LogP contribution < -0.4 is 4.31 Å². The zero-order chi connectivity index (χ0) is 16.8. The number of anilines is 1. The Morgan fingerprint density at radius 1 is 1.22 bits per heavy atom. The first kappa shape index (κ1) is 16.1. The monoisotopic (exact) mass is 347 g/mol. The maximum absolute atomic E-state index is 13.2. The average molecular weight is 348 g/mol. The highest BCUT2D eigenvalue weighted by atomic mass is 35.5. The first-order valence-corrected chi connectivity index (χ1v) is 9.17. The summed E-state index contributed by atoms with van der Waals surface area (Å²) in [5.41, 5.74) is 3.45. The van der Waals surface area contributed by atoms with Gasteiger partial charge in [-0.05, 0) is 56.2 Å². The SMILES string of the molecule is C=C(C)C1Cc2cc(Cl)ccc2N1S(=O)(=O)c1ccc(C)cc1. The minimum absolute atomic E-state index is 0.283. The normalized spacial score (nSPS) is 17.2. The number of nitrogens with zero attached hydrogens (tertiary/aromatic N) is 1. The second kappa shape index (κ2) is 5.69. The van der Waals surface area contributed by atoms with E-state index in [0.29, 0.717) is 17.1 Å². The van der Waals surface area contributed by atoms with Crippen molar-refractivity contribution in [3.8, 4) is 0 Å². The molecule has 120 valence electrons. The lowest BCUT2D eigenvalue weighted by Gasteiger charge is -2.27. The zero-order valence-corrected chi connectivity index (χ0v) is 14.7. The fraction of sp³-hybridized carbons (Fsp3) is 0.222. The fourth-order valence-corrected chi connectivity index (χ4v) is 4.82. The summed E-state index contributed by atoms with van der Waals surface area (Å²) >= 11 is 6.06. The van der Waals surface area contributed by atoms with Crippen molar-refractivity contribution < 1.29 is 8.42 Å². The van der Waals surface area contributed by atoms with E-state index in [1.54, 1.807) is 24.3 Å². The van der Waals surface area contributed by atoms with Crippen LogP contribution in [0.4, 0.5) is 5.69 Å². The summed E-state index contributed by atoms with van der Waals surface area (Å²) in [5.74, 6) is 0. The largest absolute Gasteiger partial charge is 0.264 e. The number of halogens is 1. The van der Waals surface area contributed by atoms with Gasteiger partial charge in [0.25, 0.3) is 10.0 Å². The van der Waals surface area contributed by atoms with Gasteiger partial charge in [0, 0.05) is 5.02 Å². The molecule has 3 rings (SSSR count). The van der Waals surface area contributed by atoms with E-state index in [9.17, 15) is 8.42 Å². The number of hydrogen-bond acceptors (Lipinski definition) is 2. The van der Waals surface area contributed by atoms with E-state index in [-0.39, 0.29) is 10.9 Å². The lowest BCUT2D eigenvalue weighted by molar-refractivity contribution is 0.586. The summed E-state index contributed by atoms with van der Waals surface area (Å²) in [5, 5.41) is 0.610. The van der Waals surface area contributed by atoms with Crippen LogP contribution in [-0.2, 0) is 16.4 Å². The van der Waals surface area contributed by atoms with Gasteiger partial charge < -0.3 is 0 Å². The van der Waals surface area contributed by atoms with Crippen LogP contribution in [0.3, 0.4) is 0 Å². The van der Waals surface area contributed by atoms with Crippen molar-refractivity contribution in [2.75, 3.05) is 4.31 Å². The Hall–Kier alpha value is -1.78. The van der Waals surface area contributed by atoms with E-state index < -0.39 is 10.0 Å². The molecule has 0 bridgehead atoms. The molecule has 1 heterocycles. The molecule has 5 heteroatoms. The molecule has 0 radical (unpaired) electrons. The van der Waals surface area contributed by atoms with Crippen LogP contribution >= 0.6 is 11.6 Å². The Labute approximate surface area is 142 Å². The third-order valence-electron chi connectivity index (χ3n) is 4.12. The van der Waals surface area contributed by atoms with Crippen molar-refractivity contribution in [1.82, 2.24) is 0 Å². The molecule has 2 aromatic carbocycles. The molecule has 0 fully saturated rings. The molecule has 1 aliphatic heterocycles. The highest BCUT2D eigenvalue weighted by Gasteiger charge is 2.38. The molecule has 1 atom stereocenters. The van der Waals surface area contributed by atoms with Crippen molar-refractivity contribution in [1.29, 1.82) is 0 Å². The number of sulfonamides is 1. The van der Waals surface area contributed by atoms with E-state index in [2.05, 4.69) is 6.58 Å². The summed E-state index contributed by atoms with van der Waals surface area (Å²) in [6, 6.07) is 11.9. The highest BCUT2D eigenvalue weighted by Crippen LogP contribution is 2.40. The molecule has 0 aliphatic carbocycles. The van der Waals surface area contributed by atoms with Crippen molar-refractivity contribution in [3.63, 3.8) is 0 Å². The summed E-state index contributed by atoms with van der Waals surface area (Å²) in [7, 11) is -3.65. The number of rotatable bonds is 3. The molecular formula is C18H18ClNO2S. The molecule has 3 nitrogen and oxygen atoms in total. The molecule has 0 spiro atoms. The summed E-state index contributed by atoms with van der Waals surface area (Å²) in [6.07, 6.45) is 0.594. The van der Waals surface area contributed by atoms with Gasteiger partial charge in [-0.15, -0.1) is 0 Å². The minimum Gasteiger partial charge on any atom is -0.259 e. The van der Waals surface area contributed by atoms with Crippen molar-refractivity contribution >= 4 is 27.3 Å². The molecule has 2 aromatic rings. The smallest absolute Gasteiger partial charge is 0.259 e. The second-order valence-electron chi connectivity index (χ2n) is 5.95. The summed E-state index contributed by atoms with van der Waals surface area (Å²) < 4.78 is 27.8. The topological polar surface area (TPSA) is 37.4 Å². The molecule has 0 N–H and O–H groups in total. The van der Waals surface area contributed by atoms with Crippen LogP contribution in [-0.4, -0.2) is 14.5 Å². The Balaban J connectivity index is 2.15. The number of aryl methyl sites for hydroxylation is 1. The lowest BCUT2D eigenvalue weighted by atomic mass is 10.1. The predicted molar refractivity (Wildman–Crippen MR) is 94.6 cm³/mol. The molecule has 0 saturated heterocycles. The number of hydrogen-bond donors (Lipinski definition) is 0. The van der Waals surface area contributed by atoms with Gasteiger partial charge in [-0.2, -0.15) is 0 Å². The maximum atomic E-state index is 13.2. The van der Waals surface area contributed by atoms with Gasteiger partial charge >= 0.3 is 0 Å². The van der Waals surface area contributed by atoms with Gasteiger partial charge in [-0.25, -0.2) is 8.42 Å². The number of benzene rings is 2. The number of fused-ring (bicyclic) bond motifs is 1. The van der Waals surface area contributed by atoms with Crippen LogP contribution in [0, 0.1) is 6.92 Å². The Kier molecular flexibility index (Phi) is 3.98. The quantitative estimate of drug-likeness (QED) is 0.774. The second-order valence-corrected chi connectivity index (χ2v) is 8.20. The van der Waals surface area contributed by atoms with Gasteiger partial charge in [0.2, 0.25) is 0 Å². The Bertz CT molecular complexity index is 872. The van der Waals surface area contributed by atoms with Gasteiger partial charge in [0.15, 0.2) is 0 Å². The standard InChI is InChI=1S/C18H18ClNO2S/c1-12(2)18-11-14-10-15(19)6-9-17(14)20(18)23(21,22)16-7-4-13(3)5-8-16/h4-10,18H,1,11H2,2-3H3. The van der Waals surface area contributed by atoms with E-state index >= 15 is 0 Å². The Morgan fingerprint density at radius 2 is 1.87 bits per heavy atom. The molecule has 0 aromatic heterocycles. The first-order valence-electron chi connectivity index (χ1n) is 7.35. The van der Waals surface area contributed by atoms with E-state index in [1.165, 1.54) is 4.31 Å². The lowest BCUT2D eigenvalue weighted by Crippen LogP contribution is -2.38. The maximum Gasteiger partial charge on any atom is 0.264 e. The van der Waals surface area contributed by atoms with Crippen molar-refractivity contribution in [2.45, 2.75) is 31.2 Å². The van der Waals surface area contributed by atoms with Gasteiger partial charge in [-0.3, -0.25) is 4.31 Å². The van der Waals surface area contributed by atoms with Gasteiger partial charge in [0.1, 0.15) is 0 Å². The van der Waals surface area contributed by atoms with Crippen LogP contribution in [0.2, 0.25) is 5.02 Å². The van der Waals surface area contributed by atoms with Crippen LogP contribution in [0.5, 0.6) is 0 Å². The van der Waals surface area contributed by atoms with Crippen molar-refractivity contribution in [3.05, 3.63) is 70.8 Å². The third-order valence-corrected chi connectivity index (χ3v) is 6.19. The summed E-state index contributed by atoms with van der Waals surface area (Å²) in [4.78, 5) is 0.289. The minimum atomic E-state index is -3.65. The van der Waals surface area contributed by atoms with Crippen molar-refractivity contribution in [2.24, 2.45) is 0 Å². The van der Waals surface area contributed by atoms with Gasteiger partial charge in [-0.1, -0.05) is 41.4 Å². The Morgan fingerprint density at radius 3 is 2.48 bits per heavy atom. The van der Waals surface area contributed by atoms with Crippen LogP contribution in [0.1, 0.15) is 18.1 Å². The highest BCUT2D eigenvalue weighted by molar-refractivity contribution is 7.92. The average Bonchev–Trinajstić information content (AvgIpc) is 2.87. The molecule has 23 heavy (non-hydrogen) atoms. The van der Waals surface area contributed by atoms with Crippen LogP contribution in [0.25, 0.3) is 0 Å². The van der Waals surface area contributed by atoms with E-state index in [4.69, 9.17) is 11.6 Å². The fourth-order valence-electron chi connectivity index (χ4n) is 2.89. The molecule has 1 unspecified atom stereocenters. The predicted octanol–water partition coefficient (Wildman–Crippen LogP) is 4.34.